The average molecular weight is 187 g/mol. The number of anilines is 1. The van der Waals surface area contributed by atoms with Gasteiger partial charge in [0.25, 0.3) is 0 Å². The largest absolute Gasteiger partial charge is 0.368 e. The van der Waals surface area contributed by atoms with Crippen molar-refractivity contribution >= 4 is 11.3 Å². The minimum atomic E-state index is 1.09. The SMILES string of the molecule is C=C(C)c1ccc(N2CC2)cc1CC. The highest BCUT2D eigenvalue weighted by molar-refractivity contribution is 5.68. The maximum atomic E-state index is 4.01. The smallest absolute Gasteiger partial charge is 0.0370 e. The normalized spacial score (nSPS) is 14.3. The van der Waals surface area contributed by atoms with Gasteiger partial charge in [0.1, 0.15) is 0 Å². The van der Waals surface area contributed by atoms with Gasteiger partial charge in [-0.25, -0.2) is 0 Å². The van der Waals surface area contributed by atoms with Crippen LogP contribution in [-0.2, 0) is 6.42 Å². The second-order valence-electron chi connectivity index (χ2n) is 3.96. The molecule has 0 saturated carbocycles. The Morgan fingerprint density at radius 1 is 1.43 bits per heavy atom. The summed E-state index contributed by atoms with van der Waals surface area (Å²) in [6.45, 7) is 10.7. The van der Waals surface area contributed by atoms with Crippen LogP contribution < -0.4 is 4.90 Å². The van der Waals surface area contributed by atoms with Gasteiger partial charge in [-0.3, -0.25) is 0 Å². The predicted octanol–water partition coefficient (Wildman–Crippen LogP) is 3.10. The number of hydrogen-bond acceptors (Lipinski definition) is 1. The van der Waals surface area contributed by atoms with E-state index in [1.165, 1.54) is 35.5 Å². The molecule has 0 bridgehead atoms. The third-order valence-corrected chi connectivity index (χ3v) is 2.74. The first-order chi connectivity index (χ1) is 6.72. The summed E-state index contributed by atoms with van der Waals surface area (Å²) >= 11 is 0. The van der Waals surface area contributed by atoms with Gasteiger partial charge in [-0.05, 0) is 36.6 Å². The fourth-order valence-electron chi connectivity index (χ4n) is 1.79. The number of nitrogens with zero attached hydrogens (tertiary/aromatic N) is 1. The lowest BCUT2D eigenvalue weighted by Gasteiger charge is -2.10. The number of benzene rings is 1. The fraction of sp³-hybridized carbons (Fsp3) is 0.385. The van der Waals surface area contributed by atoms with Crippen molar-refractivity contribution in [1.29, 1.82) is 0 Å². The van der Waals surface area contributed by atoms with E-state index in [9.17, 15) is 0 Å². The molecule has 2 rings (SSSR count). The van der Waals surface area contributed by atoms with Crippen molar-refractivity contribution in [2.75, 3.05) is 18.0 Å². The van der Waals surface area contributed by atoms with Crippen molar-refractivity contribution in [3.05, 3.63) is 35.9 Å². The summed E-state index contributed by atoms with van der Waals surface area (Å²) in [5.74, 6) is 0. The van der Waals surface area contributed by atoms with E-state index < -0.39 is 0 Å². The first kappa shape index (κ1) is 9.32. The average Bonchev–Trinajstić information content (AvgIpc) is 3.00. The molecule has 0 aromatic heterocycles. The molecule has 0 atom stereocenters. The Bertz CT molecular complexity index is 361. The molecule has 74 valence electrons. The van der Waals surface area contributed by atoms with Crippen LogP contribution >= 0.6 is 0 Å². The molecule has 1 aliphatic heterocycles. The molecule has 0 radical (unpaired) electrons. The summed E-state index contributed by atoms with van der Waals surface area (Å²) in [4.78, 5) is 2.38. The van der Waals surface area contributed by atoms with Crippen molar-refractivity contribution in [1.82, 2.24) is 0 Å². The van der Waals surface area contributed by atoms with Crippen LogP contribution in [0.4, 0.5) is 5.69 Å². The fourth-order valence-corrected chi connectivity index (χ4v) is 1.79. The first-order valence-electron chi connectivity index (χ1n) is 5.26. The number of rotatable bonds is 3. The first-order valence-corrected chi connectivity index (χ1v) is 5.26. The lowest BCUT2D eigenvalue weighted by atomic mass is 9.99. The highest BCUT2D eigenvalue weighted by atomic mass is 15.3. The summed E-state index contributed by atoms with van der Waals surface area (Å²) < 4.78 is 0. The number of aryl methyl sites for hydroxylation is 1. The molecule has 1 fully saturated rings. The molecule has 0 spiro atoms. The van der Waals surface area contributed by atoms with Gasteiger partial charge < -0.3 is 4.90 Å². The third-order valence-electron chi connectivity index (χ3n) is 2.74. The second kappa shape index (κ2) is 3.49. The Kier molecular flexibility index (Phi) is 2.32. The van der Waals surface area contributed by atoms with Crippen molar-refractivity contribution < 1.29 is 0 Å². The molecular formula is C13H17N. The van der Waals surface area contributed by atoms with E-state index in [1.807, 2.05) is 0 Å². The molecule has 14 heavy (non-hydrogen) atoms. The lowest BCUT2D eigenvalue weighted by Crippen LogP contribution is -1.95. The van der Waals surface area contributed by atoms with E-state index in [0.29, 0.717) is 0 Å². The predicted molar refractivity (Wildman–Crippen MR) is 62.7 cm³/mol. The Balaban J connectivity index is 2.38. The van der Waals surface area contributed by atoms with Crippen molar-refractivity contribution in [3.63, 3.8) is 0 Å². The Morgan fingerprint density at radius 2 is 2.14 bits per heavy atom. The molecule has 1 aromatic rings. The standard InChI is InChI=1S/C13H17N/c1-4-11-9-12(14-7-8-14)5-6-13(11)10(2)3/h5-6,9H,2,4,7-8H2,1,3H3. The molecule has 1 aromatic carbocycles. The number of allylic oxidation sites excluding steroid dienone is 1. The van der Waals surface area contributed by atoms with E-state index in [2.05, 4.69) is 43.5 Å². The monoisotopic (exact) mass is 187 g/mol. The summed E-state index contributed by atoms with van der Waals surface area (Å²) in [5, 5.41) is 0. The topological polar surface area (TPSA) is 3.01 Å². The molecule has 1 saturated heterocycles. The zero-order chi connectivity index (χ0) is 10.1. The van der Waals surface area contributed by atoms with Crippen molar-refractivity contribution in [2.24, 2.45) is 0 Å². The van der Waals surface area contributed by atoms with Crippen LogP contribution in [-0.4, -0.2) is 13.1 Å². The van der Waals surface area contributed by atoms with Gasteiger partial charge in [0.2, 0.25) is 0 Å². The van der Waals surface area contributed by atoms with Crippen molar-refractivity contribution in [3.8, 4) is 0 Å². The number of hydrogen-bond donors (Lipinski definition) is 0. The molecule has 0 unspecified atom stereocenters. The van der Waals surface area contributed by atoms with E-state index in [4.69, 9.17) is 0 Å². The van der Waals surface area contributed by atoms with Crippen LogP contribution in [0.1, 0.15) is 25.0 Å². The van der Waals surface area contributed by atoms with Crippen LogP contribution in [0.2, 0.25) is 0 Å². The Labute approximate surface area is 86.1 Å². The molecule has 0 N–H and O–H groups in total. The summed E-state index contributed by atoms with van der Waals surface area (Å²) in [5.41, 5.74) is 5.27. The Hall–Kier alpha value is -1.24. The van der Waals surface area contributed by atoms with Gasteiger partial charge in [-0.1, -0.05) is 25.1 Å². The van der Waals surface area contributed by atoms with Gasteiger partial charge in [0.15, 0.2) is 0 Å². The summed E-state index contributed by atoms with van der Waals surface area (Å²) in [6, 6.07) is 6.71. The molecule has 1 heterocycles. The minimum absolute atomic E-state index is 1.09. The highest BCUT2D eigenvalue weighted by Crippen LogP contribution is 2.27. The van der Waals surface area contributed by atoms with Crippen LogP contribution in [0.25, 0.3) is 5.57 Å². The molecule has 0 aliphatic carbocycles. The third kappa shape index (κ3) is 1.67. The van der Waals surface area contributed by atoms with Gasteiger partial charge >= 0.3 is 0 Å². The minimum Gasteiger partial charge on any atom is -0.368 e. The molecular weight excluding hydrogens is 170 g/mol. The van der Waals surface area contributed by atoms with Gasteiger partial charge in [0, 0.05) is 18.8 Å². The lowest BCUT2D eigenvalue weighted by molar-refractivity contribution is 1.12. The maximum Gasteiger partial charge on any atom is 0.0370 e. The Morgan fingerprint density at radius 3 is 2.64 bits per heavy atom. The zero-order valence-corrected chi connectivity index (χ0v) is 9.01. The van der Waals surface area contributed by atoms with E-state index >= 15 is 0 Å². The summed E-state index contributed by atoms with van der Waals surface area (Å²) in [7, 11) is 0. The van der Waals surface area contributed by atoms with E-state index in [1.54, 1.807) is 0 Å². The van der Waals surface area contributed by atoms with Crippen LogP contribution in [0, 0.1) is 0 Å². The van der Waals surface area contributed by atoms with Gasteiger partial charge in [-0.15, -0.1) is 0 Å². The molecule has 0 amide bonds. The maximum absolute atomic E-state index is 4.01. The summed E-state index contributed by atoms with van der Waals surface area (Å²) in [6.07, 6.45) is 1.09. The van der Waals surface area contributed by atoms with Crippen LogP contribution in [0.5, 0.6) is 0 Å². The van der Waals surface area contributed by atoms with Crippen molar-refractivity contribution in [2.45, 2.75) is 20.3 Å². The van der Waals surface area contributed by atoms with E-state index in [-0.39, 0.29) is 0 Å². The van der Waals surface area contributed by atoms with E-state index in [0.717, 1.165) is 6.42 Å². The molecule has 1 nitrogen and oxygen atoms in total. The zero-order valence-electron chi connectivity index (χ0n) is 9.01. The quantitative estimate of drug-likeness (QED) is 0.657. The highest BCUT2D eigenvalue weighted by Gasteiger charge is 2.18. The molecule has 1 heteroatoms. The van der Waals surface area contributed by atoms with Gasteiger partial charge in [-0.2, -0.15) is 0 Å². The second-order valence-corrected chi connectivity index (χ2v) is 3.96. The van der Waals surface area contributed by atoms with Crippen LogP contribution in [0.3, 0.4) is 0 Å². The van der Waals surface area contributed by atoms with Crippen LogP contribution in [0.15, 0.2) is 24.8 Å². The molecule has 1 aliphatic rings. The van der Waals surface area contributed by atoms with Gasteiger partial charge in [0.05, 0.1) is 0 Å².